The highest BCUT2D eigenvalue weighted by Crippen LogP contribution is 2.40. The maximum atomic E-state index is 5.07. The van der Waals surface area contributed by atoms with Crippen LogP contribution in [0.2, 0.25) is 0 Å². The number of hydrogen-bond donors (Lipinski definition) is 0. The molecule has 8 aliphatic heterocycles. The second kappa shape index (κ2) is 5.37. The van der Waals surface area contributed by atoms with Crippen molar-refractivity contribution >= 4 is 11.4 Å². The number of fused-ring (bicyclic) bond motifs is 2. The number of nitrogens with zero attached hydrogens (tertiary/aromatic N) is 6. The fourth-order valence-electron chi connectivity index (χ4n) is 7.11. The van der Waals surface area contributed by atoms with E-state index in [-0.39, 0.29) is 10.8 Å². The van der Waals surface area contributed by atoms with Gasteiger partial charge in [-0.1, -0.05) is 13.8 Å². The molecule has 8 fully saturated rings. The summed E-state index contributed by atoms with van der Waals surface area (Å²) in [4.78, 5) is 10.7. The quantitative estimate of drug-likeness (QED) is 0.634. The molecule has 8 aliphatic rings. The monoisotopic (exact) mass is 356 g/mol. The number of piperidine rings is 4. The third kappa shape index (κ3) is 2.32. The van der Waals surface area contributed by atoms with Crippen molar-refractivity contribution in [3.05, 3.63) is 0 Å². The van der Waals surface area contributed by atoms with Crippen molar-refractivity contribution in [2.75, 3.05) is 78.5 Å². The van der Waals surface area contributed by atoms with Crippen LogP contribution in [0.5, 0.6) is 0 Å². The molecular formula is C20H32N6. The van der Waals surface area contributed by atoms with Crippen LogP contribution in [0.3, 0.4) is 0 Å². The van der Waals surface area contributed by atoms with Crippen molar-refractivity contribution in [1.82, 2.24) is 19.6 Å². The lowest BCUT2D eigenvalue weighted by Gasteiger charge is -2.49. The molecule has 0 saturated carbocycles. The fourth-order valence-corrected chi connectivity index (χ4v) is 7.11. The van der Waals surface area contributed by atoms with Gasteiger partial charge in [-0.15, -0.1) is 0 Å². The molecule has 0 aromatic heterocycles. The van der Waals surface area contributed by atoms with Crippen LogP contribution in [0.1, 0.15) is 13.8 Å². The van der Waals surface area contributed by atoms with Crippen molar-refractivity contribution in [1.29, 1.82) is 0 Å². The molecule has 26 heavy (non-hydrogen) atoms. The van der Waals surface area contributed by atoms with E-state index in [0.29, 0.717) is 11.8 Å². The molecule has 6 heteroatoms. The van der Waals surface area contributed by atoms with E-state index >= 15 is 0 Å². The first-order chi connectivity index (χ1) is 12.5. The summed E-state index contributed by atoms with van der Waals surface area (Å²) in [5, 5.41) is 10.1. The van der Waals surface area contributed by atoms with Crippen molar-refractivity contribution in [3.63, 3.8) is 0 Å². The van der Waals surface area contributed by atoms with Crippen molar-refractivity contribution < 1.29 is 0 Å². The normalized spacial score (nSPS) is 57.8. The van der Waals surface area contributed by atoms with E-state index in [1.807, 2.05) is 0 Å². The van der Waals surface area contributed by atoms with Crippen LogP contribution < -0.4 is 0 Å². The van der Waals surface area contributed by atoms with Gasteiger partial charge in [0.2, 0.25) is 0 Å². The Morgan fingerprint density at radius 2 is 0.923 bits per heavy atom. The summed E-state index contributed by atoms with van der Waals surface area (Å²) in [6.45, 7) is 19.3. The van der Waals surface area contributed by atoms with Crippen molar-refractivity contribution in [2.24, 2.45) is 32.9 Å². The summed E-state index contributed by atoms with van der Waals surface area (Å²) in [5.41, 5.74) is 3.24. The Bertz CT molecular complexity index is 594. The highest BCUT2D eigenvalue weighted by molar-refractivity contribution is 5.97. The van der Waals surface area contributed by atoms with Gasteiger partial charge in [-0.25, -0.2) is 0 Å². The van der Waals surface area contributed by atoms with Gasteiger partial charge in [-0.2, -0.15) is 10.2 Å². The SMILES string of the molecule is CC12CN3CCN(CC(C3)/C1=N\N=C1/C3CN4CCN(C3)CC1(C)C4)C2. The van der Waals surface area contributed by atoms with Crippen LogP contribution in [-0.2, 0) is 0 Å². The van der Waals surface area contributed by atoms with Crippen LogP contribution in [-0.4, -0.2) is 110 Å². The van der Waals surface area contributed by atoms with Gasteiger partial charge in [0, 0.05) is 101 Å². The highest BCUT2D eigenvalue weighted by atomic mass is 15.3. The predicted molar refractivity (Wildman–Crippen MR) is 104 cm³/mol. The fraction of sp³-hybridized carbons (Fsp3) is 0.900. The van der Waals surface area contributed by atoms with Crippen LogP contribution in [0.4, 0.5) is 0 Å². The molecule has 4 unspecified atom stereocenters. The Morgan fingerprint density at radius 1 is 0.615 bits per heavy atom. The Labute approximate surface area is 156 Å². The van der Waals surface area contributed by atoms with Gasteiger partial charge in [-0.05, 0) is 0 Å². The van der Waals surface area contributed by atoms with Gasteiger partial charge in [0.25, 0.3) is 0 Å². The maximum Gasteiger partial charge on any atom is 0.0546 e. The van der Waals surface area contributed by atoms with E-state index in [9.17, 15) is 0 Å². The molecule has 0 amide bonds. The van der Waals surface area contributed by atoms with Crippen molar-refractivity contribution in [2.45, 2.75) is 13.8 Å². The third-order valence-corrected chi connectivity index (χ3v) is 7.95. The second-order valence-electron chi connectivity index (χ2n) is 10.4. The molecule has 6 nitrogen and oxygen atoms in total. The largest absolute Gasteiger partial charge is 0.300 e. The minimum Gasteiger partial charge on any atom is -0.300 e. The highest BCUT2D eigenvalue weighted by Gasteiger charge is 2.51. The smallest absolute Gasteiger partial charge is 0.0546 e. The molecule has 0 aliphatic carbocycles. The van der Waals surface area contributed by atoms with Crippen LogP contribution in [0.15, 0.2) is 10.2 Å². The minimum atomic E-state index is 0.207. The molecule has 0 aromatic rings. The van der Waals surface area contributed by atoms with E-state index in [1.54, 1.807) is 0 Å². The van der Waals surface area contributed by atoms with E-state index in [2.05, 4.69) is 33.4 Å². The Morgan fingerprint density at radius 3 is 1.19 bits per heavy atom. The van der Waals surface area contributed by atoms with E-state index in [1.165, 1.54) is 90.0 Å². The summed E-state index contributed by atoms with van der Waals surface area (Å²) in [6.07, 6.45) is 0. The molecule has 8 rings (SSSR count). The Hall–Kier alpha value is -0.820. The average molecular weight is 357 g/mol. The molecule has 8 heterocycles. The second-order valence-corrected chi connectivity index (χ2v) is 10.4. The Balaban J connectivity index is 1.36. The summed E-state index contributed by atoms with van der Waals surface area (Å²) in [7, 11) is 0. The first-order valence-corrected chi connectivity index (χ1v) is 10.6. The summed E-state index contributed by atoms with van der Waals surface area (Å²) >= 11 is 0. The lowest BCUT2D eigenvalue weighted by Crippen LogP contribution is -2.61. The average Bonchev–Trinajstić information content (AvgIpc) is 2.93. The van der Waals surface area contributed by atoms with Gasteiger partial charge in [0.15, 0.2) is 0 Å². The molecular weight excluding hydrogens is 324 g/mol. The van der Waals surface area contributed by atoms with Crippen LogP contribution >= 0.6 is 0 Å². The zero-order valence-electron chi connectivity index (χ0n) is 16.3. The molecule has 0 N–H and O–H groups in total. The molecule has 0 spiro atoms. The molecule has 8 saturated heterocycles. The van der Waals surface area contributed by atoms with Gasteiger partial charge in [-0.3, -0.25) is 0 Å². The van der Waals surface area contributed by atoms with Crippen LogP contribution in [0, 0.1) is 22.7 Å². The summed E-state index contributed by atoms with van der Waals surface area (Å²) in [5.74, 6) is 1.18. The van der Waals surface area contributed by atoms with E-state index in [4.69, 9.17) is 10.2 Å². The van der Waals surface area contributed by atoms with Gasteiger partial charge in [0.05, 0.1) is 11.4 Å². The van der Waals surface area contributed by atoms with Gasteiger partial charge in [0.1, 0.15) is 0 Å². The molecule has 142 valence electrons. The maximum absolute atomic E-state index is 5.07. The third-order valence-electron chi connectivity index (χ3n) is 7.95. The van der Waals surface area contributed by atoms with E-state index in [0.717, 1.165) is 0 Å². The lowest BCUT2D eigenvalue weighted by molar-refractivity contribution is 0.127. The summed E-state index contributed by atoms with van der Waals surface area (Å²) < 4.78 is 0. The van der Waals surface area contributed by atoms with Crippen LogP contribution in [0.25, 0.3) is 0 Å². The lowest BCUT2D eigenvalue weighted by atomic mass is 9.71. The number of hydrogen-bond acceptors (Lipinski definition) is 6. The predicted octanol–water partition coefficient (Wildman–Crippen LogP) is 0.318. The van der Waals surface area contributed by atoms with E-state index < -0.39 is 0 Å². The first kappa shape index (κ1) is 16.2. The zero-order valence-corrected chi connectivity index (χ0v) is 16.3. The zero-order chi connectivity index (χ0) is 17.5. The molecule has 8 bridgehead atoms. The topological polar surface area (TPSA) is 37.7 Å². The van der Waals surface area contributed by atoms with Gasteiger partial charge >= 0.3 is 0 Å². The molecule has 0 aromatic carbocycles. The number of rotatable bonds is 1. The molecule has 4 atom stereocenters. The van der Waals surface area contributed by atoms with Gasteiger partial charge < -0.3 is 19.6 Å². The molecule has 0 radical (unpaired) electrons. The van der Waals surface area contributed by atoms with Crippen molar-refractivity contribution in [3.8, 4) is 0 Å². The summed E-state index contributed by atoms with van der Waals surface area (Å²) in [6, 6.07) is 0. The minimum absolute atomic E-state index is 0.207. The first-order valence-electron chi connectivity index (χ1n) is 10.6. The standard InChI is InChI=1S/C20H32N6/c1-19-11-23-3-4-24(12-19)8-15(7-23)17(19)21-22-18-16-9-25-5-6-26(10-16)14-20(18,2)13-25/h15-16H,3-14H2,1-2H3/b21-17+,22-18+. The Kier molecular flexibility index (Phi) is 3.34.